The monoisotopic (exact) mass is 384 g/mol. The van der Waals surface area contributed by atoms with Gasteiger partial charge in [-0.05, 0) is 48.9 Å². The lowest BCUT2D eigenvalue weighted by Crippen LogP contribution is -2.44. The molecule has 2 aromatic heterocycles. The number of fused-ring (bicyclic) bond motifs is 2. The Kier molecular flexibility index (Phi) is 5.07. The van der Waals surface area contributed by atoms with Gasteiger partial charge in [0.2, 0.25) is 5.82 Å². The zero-order chi connectivity index (χ0) is 19.7. The molecule has 0 bridgehead atoms. The summed E-state index contributed by atoms with van der Waals surface area (Å²) < 4.78 is 27.5. The normalized spacial score (nSPS) is 16.4. The molecular weight excluding hydrogens is 362 g/mol. The third-order valence-corrected chi connectivity index (χ3v) is 5.36. The minimum absolute atomic E-state index is 0.105. The topological polar surface area (TPSA) is 50.5 Å². The number of amides is 1. The molecule has 1 aliphatic rings. The smallest absolute Gasteiger partial charge is 0.297 e. The fourth-order valence-corrected chi connectivity index (χ4v) is 3.99. The van der Waals surface area contributed by atoms with Crippen molar-refractivity contribution in [2.45, 2.75) is 45.1 Å². The lowest BCUT2D eigenvalue weighted by Gasteiger charge is -2.35. The van der Waals surface area contributed by atoms with E-state index in [1.807, 2.05) is 24.0 Å². The van der Waals surface area contributed by atoms with Crippen molar-refractivity contribution in [3.05, 3.63) is 65.1 Å². The Morgan fingerprint density at radius 1 is 1.21 bits per heavy atom. The first-order chi connectivity index (χ1) is 13.6. The average molecular weight is 384 g/mol. The summed E-state index contributed by atoms with van der Waals surface area (Å²) >= 11 is 0. The van der Waals surface area contributed by atoms with Crippen LogP contribution in [-0.4, -0.2) is 38.0 Å². The van der Waals surface area contributed by atoms with E-state index in [-0.39, 0.29) is 11.9 Å². The second kappa shape index (κ2) is 7.66. The van der Waals surface area contributed by atoms with Crippen molar-refractivity contribution in [1.29, 1.82) is 0 Å². The lowest BCUT2D eigenvalue weighted by atomic mass is 9.87. The summed E-state index contributed by atoms with van der Waals surface area (Å²) in [4.78, 5) is 15.2. The summed E-state index contributed by atoms with van der Waals surface area (Å²) in [5, 5.41) is 7.27. The van der Waals surface area contributed by atoms with Crippen LogP contribution in [0.5, 0.6) is 0 Å². The van der Waals surface area contributed by atoms with Gasteiger partial charge >= 0.3 is 0 Å². The summed E-state index contributed by atoms with van der Waals surface area (Å²) in [5.41, 5.74) is 3.30. The highest BCUT2D eigenvalue weighted by Gasteiger charge is 2.28. The Bertz CT molecular complexity index is 1000. The highest BCUT2D eigenvalue weighted by atomic mass is 19.3. The minimum atomic E-state index is -2.75. The molecule has 0 spiro atoms. The molecule has 3 aromatic rings. The van der Waals surface area contributed by atoms with E-state index in [1.165, 1.54) is 21.7 Å². The van der Waals surface area contributed by atoms with Gasteiger partial charge in [-0.3, -0.25) is 9.20 Å². The first-order valence-corrected chi connectivity index (χ1v) is 9.59. The number of pyridine rings is 1. The van der Waals surface area contributed by atoms with Gasteiger partial charge in [0, 0.05) is 18.8 Å². The van der Waals surface area contributed by atoms with Gasteiger partial charge in [-0.15, -0.1) is 10.2 Å². The van der Waals surface area contributed by atoms with E-state index in [0.717, 1.165) is 25.7 Å². The Labute approximate surface area is 162 Å². The van der Waals surface area contributed by atoms with Gasteiger partial charge in [-0.2, -0.15) is 0 Å². The molecule has 28 heavy (non-hydrogen) atoms. The van der Waals surface area contributed by atoms with Crippen molar-refractivity contribution in [2.75, 3.05) is 6.54 Å². The zero-order valence-corrected chi connectivity index (χ0v) is 15.7. The van der Waals surface area contributed by atoms with Crippen LogP contribution in [0.25, 0.3) is 5.65 Å². The third kappa shape index (κ3) is 3.37. The maximum atomic E-state index is 13.3. The molecule has 2 heterocycles. The van der Waals surface area contributed by atoms with Crippen molar-refractivity contribution >= 4 is 11.6 Å². The van der Waals surface area contributed by atoms with Gasteiger partial charge in [0.05, 0.1) is 5.56 Å². The Balaban J connectivity index is 1.64. The highest BCUT2D eigenvalue weighted by molar-refractivity contribution is 5.94. The molecule has 0 N–H and O–H groups in total. The standard InChI is InChI=1S/C21H22F2N4O/c1-2-11-26(17-9-7-14-5-3-4-6-15(14)12-17)21(28)16-8-10-18-24-25-20(19(22)23)27(18)13-16/h3-6,8,10,13,17,19H,2,7,9,11-12H2,1H3. The molecule has 1 amide bonds. The average Bonchev–Trinajstić information content (AvgIpc) is 3.14. The predicted octanol–water partition coefficient (Wildman–Crippen LogP) is 4.08. The Hall–Kier alpha value is -2.83. The molecule has 0 aliphatic heterocycles. The molecule has 1 aromatic carbocycles. The van der Waals surface area contributed by atoms with Gasteiger partial charge in [0.1, 0.15) is 0 Å². The zero-order valence-electron chi connectivity index (χ0n) is 15.7. The van der Waals surface area contributed by atoms with Crippen molar-refractivity contribution in [2.24, 2.45) is 0 Å². The van der Waals surface area contributed by atoms with E-state index >= 15 is 0 Å². The van der Waals surface area contributed by atoms with E-state index in [4.69, 9.17) is 0 Å². The highest BCUT2D eigenvalue weighted by Crippen LogP contribution is 2.26. The van der Waals surface area contributed by atoms with E-state index < -0.39 is 12.2 Å². The summed E-state index contributed by atoms with van der Waals surface area (Å²) in [6, 6.07) is 11.6. The van der Waals surface area contributed by atoms with Crippen LogP contribution in [0, 0.1) is 0 Å². The van der Waals surface area contributed by atoms with Crippen LogP contribution >= 0.6 is 0 Å². The molecule has 1 unspecified atom stereocenters. The molecule has 0 saturated carbocycles. The molecule has 7 heteroatoms. The van der Waals surface area contributed by atoms with E-state index in [9.17, 15) is 13.6 Å². The molecule has 0 fully saturated rings. The molecular formula is C21H22F2N4O. The SMILES string of the molecule is CCCN(C(=O)c1ccc2nnc(C(F)F)n2c1)C1CCc2ccccc2C1. The number of hydrogen-bond acceptors (Lipinski definition) is 3. The number of carbonyl (C=O) groups excluding carboxylic acids is 1. The number of aryl methyl sites for hydroxylation is 1. The Morgan fingerprint density at radius 2 is 2.00 bits per heavy atom. The number of nitrogens with zero attached hydrogens (tertiary/aromatic N) is 4. The lowest BCUT2D eigenvalue weighted by molar-refractivity contribution is 0.0660. The molecule has 0 radical (unpaired) electrons. The van der Waals surface area contributed by atoms with Crippen molar-refractivity contribution < 1.29 is 13.6 Å². The van der Waals surface area contributed by atoms with Gasteiger partial charge in [0.25, 0.3) is 12.3 Å². The molecule has 1 aliphatic carbocycles. The predicted molar refractivity (Wildman–Crippen MR) is 102 cm³/mol. The third-order valence-electron chi connectivity index (χ3n) is 5.36. The summed E-state index contributed by atoms with van der Waals surface area (Å²) in [7, 11) is 0. The minimum Gasteiger partial charge on any atom is -0.335 e. The molecule has 146 valence electrons. The van der Waals surface area contributed by atoms with E-state index in [2.05, 4.69) is 22.3 Å². The van der Waals surface area contributed by atoms with Crippen molar-refractivity contribution in [1.82, 2.24) is 19.5 Å². The summed E-state index contributed by atoms with van der Waals surface area (Å²) in [5.74, 6) is -0.583. The fourth-order valence-electron chi connectivity index (χ4n) is 3.99. The number of benzene rings is 1. The molecule has 4 rings (SSSR count). The largest absolute Gasteiger partial charge is 0.335 e. The van der Waals surface area contributed by atoms with Crippen LogP contribution in [0.4, 0.5) is 8.78 Å². The van der Waals surface area contributed by atoms with Crippen LogP contribution in [0.2, 0.25) is 0 Å². The quantitative estimate of drug-likeness (QED) is 0.666. The van der Waals surface area contributed by atoms with Gasteiger partial charge in [-0.25, -0.2) is 8.78 Å². The molecule has 1 atom stereocenters. The first kappa shape index (κ1) is 18.5. The maximum absolute atomic E-state index is 13.3. The van der Waals surface area contributed by atoms with Gasteiger partial charge in [0.15, 0.2) is 5.65 Å². The van der Waals surface area contributed by atoms with E-state index in [1.54, 1.807) is 12.1 Å². The van der Waals surface area contributed by atoms with Crippen LogP contribution in [0.3, 0.4) is 0 Å². The van der Waals surface area contributed by atoms with Crippen LogP contribution in [0.1, 0.15) is 53.5 Å². The van der Waals surface area contributed by atoms with Gasteiger partial charge < -0.3 is 4.90 Å². The van der Waals surface area contributed by atoms with Crippen LogP contribution in [-0.2, 0) is 12.8 Å². The Morgan fingerprint density at radius 3 is 2.75 bits per heavy atom. The van der Waals surface area contributed by atoms with Crippen molar-refractivity contribution in [3.63, 3.8) is 0 Å². The summed E-state index contributed by atoms with van der Waals surface area (Å²) in [6.07, 6.45) is 2.18. The molecule has 0 saturated heterocycles. The van der Waals surface area contributed by atoms with Crippen LogP contribution in [0.15, 0.2) is 42.6 Å². The van der Waals surface area contributed by atoms with E-state index in [0.29, 0.717) is 17.8 Å². The second-order valence-electron chi connectivity index (χ2n) is 7.17. The van der Waals surface area contributed by atoms with Gasteiger partial charge in [-0.1, -0.05) is 31.2 Å². The maximum Gasteiger partial charge on any atom is 0.297 e. The number of halogens is 2. The number of aromatic nitrogens is 3. The molecule has 5 nitrogen and oxygen atoms in total. The number of rotatable bonds is 5. The first-order valence-electron chi connectivity index (χ1n) is 9.59. The number of alkyl halides is 2. The van der Waals surface area contributed by atoms with Crippen LogP contribution < -0.4 is 0 Å². The number of hydrogen-bond donors (Lipinski definition) is 0. The number of carbonyl (C=O) groups is 1. The second-order valence-corrected chi connectivity index (χ2v) is 7.17. The fraction of sp³-hybridized carbons (Fsp3) is 0.381. The van der Waals surface area contributed by atoms with Crippen molar-refractivity contribution in [3.8, 4) is 0 Å². The summed E-state index contributed by atoms with van der Waals surface area (Å²) in [6.45, 7) is 2.67.